The summed E-state index contributed by atoms with van der Waals surface area (Å²) in [6.45, 7) is 3.54. The molecule has 2 heterocycles. The minimum atomic E-state index is -0.752. The zero-order chi connectivity index (χ0) is 24.2. The molecule has 34 heavy (non-hydrogen) atoms. The summed E-state index contributed by atoms with van der Waals surface area (Å²) in [4.78, 5) is 26.3. The average molecular weight is 468 g/mol. The number of aliphatic hydroxyl groups excluding tert-OH is 1. The van der Waals surface area contributed by atoms with Crippen molar-refractivity contribution in [1.82, 2.24) is 4.90 Å². The van der Waals surface area contributed by atoms with Gasteiger partial charge >= 0.3 is 5.97 Å². The van der Waals surface area contributed by atoms with Gasteiger partial charge < -0.3 is 29.0 Å². The fourth-order valence-corrected chi connectivity index (χ4v) is 4.37. The van der Waals surface area contributed by atoms with Crippen LogP contribution in [0.4, 0.5) is 0 Å². The molecule has 1 aliphatic heterocycles. The largest absolute Gasteiger partial charge is 0.497 e. The van der Waals surface area contributed by atoms with Crippen molar-refractivity contribution < 1.29 is 28.9 Å². The van der Waals surface area contributed by atoms with Crippen LogP contribution in [-0.4, -0.2) is 60.5 Å². The fourth-order valence-electron chi connectivity index (χ4n) is 4.37. The number of carbonyl (C=O) groups is 1. The van der Waals surface area contributed by atoms with Gasteiger partial charge in [0, 0.05) is 12.6 Å². The van der Waals surface area contributed by atoms with Gasteiger partial charge in [0.25, 0.3) is 0 Å². The first-order chi connectivity index (χ1) is 16.4. The Bertz CT molecular complexity index is 1210. The lowest BCUT2D eigenvalue weighted by atomic mass is 9.97. The van der Waals surface area contributed by atoms with Gasteiger partial charge in [-0.15, -0.1) is 0 Å². The average Bonchev–Trinajstić information content (AvgIpc) is 2.83. The van der Waals surface area contributed by atoms with Crippen molar-refractivity contribution in [3.63, 3.8) is 0 Å². The number of benzene rings is 2. The van der Waals surface area contributed by atoms with E-state index in [4.69, 9.17) is 19.0 Å². The van der Waals surface area contributed by atoms with Gasteiger partial charge in [-0.2, -0.15) is 0 Å². The summed E-state index contributed by atoms with van der Waals surface area (Å²) in [5.41, 5.74) is 1.55. The van der Waals surface area contributed by atoms with E-state index < -0.39 is 12.1 Å². The number of hydrogen-bond acceptors (Lipinski definition) is 7. The molecule has 8 nitrogen and oxygen atoms in total. The molecule has 0 amide bonds. The van der Waals surface area contributed by atoms with Crippen LogP contribution in [0.5, 0.6) is 11.5 Å². The normalized spacial score (nSPS) is 15.9. The minimum absolute atomic E-state index is 0.0809. The zero-order valence-corrected chi connectivity index (χ0v) is 19.3. The molecule has 1 unspecified atom stereocenters. The molecule has 180 valence electrons. The highest BCUT2D eigenvalue weighted by atomic mass is 16.5. The Morgan fingerprint density at radius 3 is 2.47 bits per heavy atom. The van der Waals surface area contributed by atoms with Crippen molar-refractivity contribution in [2.45, 2.75) is 25.9 Å². The molecule has 1 atom stereocenters. The zero-order valence-electron chi connectivity index (χ0n) is 19.3. The maximum absolute atomic E-state index is 13.2. The molecular formula is C26H29NO7. The third-order valence-electron chi connectivity index (χ3n) is 6.27. The number of β-amino-alcohol motifs (C(OH)–C–C–N with tert-alkyl or cyclic N) is 1. The standard InChI is InChI=1S/C26H29NO7/c1-16-24(17-3-5-20(32-2)6-4-17)25(29)22-8-7-21(13-23(22)34-16)33-15-19(28)14-27-11-9-18(10-12-27)26(30)31/h3-8,13,18-19,28H,9-12,14-15H2,1-2H3,(H,30,31). The molecule has 1 saturated heterocycles. The maximum atomic E-state index is 13.2. The molecule has 3 aromatic rings. The molecule has 0 aliphatic carbocycles. The van der Waals surface area contributed by atoms with E-state index in [-0.39, 0.29) is 18.0 Å². The summed E-state index contributed by atoms with van der Waals surface area (Å²) in [5.74, 6) is 0.657. The highest BCUT2D eigenvalue weighted by molar-refractivity contribution is 5.83. The second kappa shape index (κ2) is 10.3. The van der Waals surface area contributed by atoms with E-state index >= 15 is 0 Å². The summed E-state index contributed by atoms with van der Waals surface area (Å²) in [6.07, 6.45) is 0.456. The van der Waals surface area contributed by atoms with Crippen LogP contribution in [0.15, 0.2) is 51.7 Å². The SMILES string of the molecule is COc1ccc(-c2c(C)oc3cc(OCC(O)CN4CCC(C(=O)O)CC4)ccc3c2=O)cc1. The Labute approximate surface area is 197 Å². The third-order valence-corrected chi connectivity index (χ3v) is 6.27. The second-order valence-corrected chi connectivity index (χ2v) is 8.63. The second-order valence-electron chi connectivity index (χ2n) is 8.63. The number of rotatable bonds is 8. The van der Waals surface area contributed by atoms with Gasteiger partial charge in [-0.1, -0.05) is 12.1 Å². The number of fused-ring (bicyclic) bond motifs is 1. The minimum Gasteiger partial charge on any atom is -0.497 e. The predicted molar refractivity (Wildman–Crippen MR) is 128 cm³/mol. The van der Waals surface area contributed by atoms with Crippen molar-refractivity contribution in [2.75, 3.05) is 33.4 Å². The number of carboxylic acid groups (broad SMARTS) is 1. The number of aryl methyl sites for hydroxylation is 1. The molecule has 0 spiro atoms. The number of aliphatic carboxylic acids is 1. The monoisotopic (exact) mass is 467 g/mol. The van der Waals surface area contributed by atoms with Crippen molar-refractivity contribution in [3.05, 3.63) is 58.4 Å². The van der Waals surface area contributed by atoms with E-state index in [0.29, 0.717) is 66.3 Å². The number of ether oxygens (including phenoxy) is 2. The lowest BCUT2D eigenvalue weighted by Crippen LogP contribution is -2.42. The molecule has 1 fully saturated rings. The van der Waals surface area contributed by atoms with E-state index in [0.717, 1.165) is 5.56 Å². The molecule has 8 heteroatoms. The lowest BCUT2D eigenvalue weighted by Gasteiger charge is -2.31. The third kappa shape index (κ3) is 5.24. The van der Waals surface area contributed by atoms with E-state index in [1.54, 1.807) is 44.4 Å². The molecule has 4 rings (SSSR count). The Morgan fingerprint density at radius 2 is 1.82 bits per heavy atom. The number of methoxy groups -OCH3 is 1. The highest BCUT2D eigenvalue weighted by Gasteiger charge is 2.25. The summed E-state index contributed by atoms with van der Waals surface area (Å²) >= 11 is 0. The molecule has 2 aromatic carbocycles. The van der Waals surface area contributed by atoms with E-state index in [2.05, 4.69) is 4.90 Å². The molecule has 0 saturated carbocycles. The Morgan fingerprint density at radius 1 is 1.15 bits per heavy atom. The van der Waals surface area contributed by atoms with Crippen LogP contribution in [0.25, 0.3) is 22.1 Å². The first-order valence-electron chi connectivity index (χ1n) is 11.3. The van der Waals surface area contributed by atoms with Crippen LogP contribution in [0.1, 0.15) is 18.6 Å². The van der Waals surface area contributed by atoms with Gasteiger partial charge in [-0.3, -0.25) is 9.59 Å². The van der Waals surface area contributed by atoms with E-state index in [1.807, 2.05) is 12.1 Å². The van der Waals surface area contributed by atoms with Crippen LogP contribution in [0, 0.1) is 12.8 Å². The Hall–Kier alpha value is -3.36. The van der Waals surface area contributed by atoms with Crippen molar-refractivity contribution in [1.29, 1.82) is 0 Å². The molecule has 2 N–H and O–H groups in total. The van der Waals surface area contributed by atoms with Gasteiger partial charge in [0.2, 0.25) is 5.43 Å². The lowest BCUT2D eigenvalue weighted by molar-refractivity contribution is -0.143. The van der Waals surface area contributed by atoms with Crippen molar-refractivity contribution in [2.24, 2.45) is 5.92 Å². The highest BCUT2D eigenvalue weighted by Crippen LogP contribution is 2.27. The van der Waals surface area contributed by atoms with E-state index in [1.165, 1.54) is 0 Å². The first-order valence-corrected chi connectivity index (χ1v) is 11.3. The number of carboxylic acids is 1. The van der Waals surface area contributed by atoms with Crippen LogP contribution in [0.3, 0.4) is 0 Å². The topological polar surface area (TPSA) is 109 Å². The predicted octanol–water partition coefficient (Wildman–Crippen LogP) is 3.31. The van der Waals surface area contributed by atoms with Gasteiger partial charge in [0.15, 0.2) is 0 Å². The van der Waals surface area contributed by atoms with Gasteiger partial charge in [-0.25, -0.2) is 0 Å². The summed E-state index contributed by atoms with van der Waals surface area (Å²) in [7, 11) is 1.59. The van der Waals surface area contributed by atoms with Crippen LogP contribution < -0.4 is 14.9 Å². The van der Waals surface area contributed by atoms with Gasteiger partial charge in [-0.05, 0) is 62.7 Å². The van der Waals surface area contributed by atoms with Crippen molar-refractivity contribution in [3.8, 4) is 22.6 Å². The summed E-state index contributed by atoms with van der Waals surface area (Å²) in [6, 6.07) is 12.3. The molecule has 1 aliphatic rings. The number of likely N-dealkylation sites (tertiary alicyclic amines) is 1. The number of aliphatic hydroxyl groups is 1. The molecule has 0 radical (unpaired) electrons. The number of hydrogen-bond donors (Lipinski definition) is 2. The molecule has 1 aromatic heterocycles. The quantitative estimate of drug-likeness (QED) is 0.519. The smallest absolute Gasteiger partial charge is 0.306 e. The molecular weight excluding hydrogens is 438 g/mol. The Kier molecular flexibility index (Phi) is 7.19. The molecule has 0 bridgehead atoms. The summed E-state index contributed by atoms with van der Waals surface area (Å²) < 4.78 is 16.9. The number of piperidine rings is 1. The summed E-state index contributed by atoms with van der Waals surface area (Å²) in [5, 5.41) is 19.9. The fraction of sp³-hybridized carbons (Fsp3) is 0.385. The van der Waals surface area contributed by atoms with Gasteiger partial charge in [0.05, 0.1) is 24.0 Å². The van der Waals surface area contributed by atoms with E-state index in [9.17, 15) is 14.7 Å². The van der Waals surface area contributed by atoms with Crippen LogP contribution in [0.2, 0.25) is 0 Å². The van der Waals surface area contributed by atoms with Crippen LogP contribution in [-0.2, 0) is 4.79 Å². The Balaban J connectivity index is 1.42. The number of nitrogens with zero attached hydrogens (tertiary/aromatic N) is 1. The maximum Gasteiger partial charge on any atom is 0.306 e. The first kappa shape index (κ1) is 23.8. The van der Waals surface area contributed by atoms with Gasteiger partial charge in [0.1, 0.15) is 35.6 Å². The van der Waals surface area contributed by atoms with Crippen LogP contribution >= 0.6 is 0 Å². The van der Waals surface area contributed by atoms with Crippen molar-refractivity contribution >= 4 is 16.9 Å².